The van der Waals surface area contributed by atoms with Crippen molar-refractivity contribution in [1.82, 2.24) is 10.6 Å². The summed E-state index contributed by atoms with van der Waals surface area (Å²) in [6, 6.07) is 5.61. The first-order valence-corrected chi connectivity index (χ1v) is 7.29. The molecule has 118 valence electrons. The van der Waals surface area contributed by atoms with Crippen LogP contribution < -0.4 is 10.6 Å². The lowest BCUT2D eigenvalue weighted by atomic mass is 10.1. The first-order valence-electron chi connectivity index (χ1n) is 6.91. The molecule has 2 rings (SSSR count). The van der Waals surface area contributed by atoms with Crippen LogP contribution >= 0.6 is 11.6 Å². The van der Waals surface area contributed by atoms with Crippen molar-refractivity contribution in [3.8, 4) is 0 Å². The van der Waals surface area contributed by atoms with Crippen LogP contribution in [0.25, 0.3) is 0 Å². The molecule has 0 bridgehead atoms. The van der Waals surface area contributed by atoms with E-state index in [1.54, 1.807) is 18.2 Å². The van der Waals surface area contributed by atoms with E-state index in [1.807, 2.05) is 6.07 Å². The predicted octanol–water partition coefficient (Wildman–Crippen LogP) is 0.819. The summed E-state index contributed by atoms with van der Waals surface area (Å²) in [6.07, 6.45) is 1.00. The fourth-order valence-corrected chi connectivity index (χ4v) is 2.53. The van der Waals surface area contributed by atoms with E-state index in [4.69, 9.17) is 16.3 Å². The van der Waals surface area contributed by atoms with Crippen molar-refractivity contribution in [3.05, 3.63) is 34.9 Å². The number of carbonyl (C=O) groups is 3. The van der Waals surface area contributed by atoms with Crippen LogP contribution in [0.4, 0.5) is 0 Å². The van der Waals surface area contributed by atoms with Gasteiger partial charge in [0.2, 0.25) is 11.8 Å². The van der Waals surface area contributed by atoms with Gasteiger partial charge in [0.15, 0.2) is 0 Å². The Morgan fingerprint density at radius 3 is 2.86 bits per heavy atom. The monoisotopic (exact) mass is 324 g/mol. The second-order valence-corrected chi connectivity index (χ2v) is 5.51. The molecule has 1 aliphatic rings. The smallest absolute Gasteiger partial charge is 0.328 e. The number of amides is 2. The standard InChI is InChI=1S/C15H17ClN2O4/c1-22-15(21)12(8-9-3-2-4-10(16)7-9)18-14(20)11-5-6-13(19)17-11/h2-4,7,11-12H,5-6,8H2,1H3,(H,17,19)(H,18,20)/t11-,12-/m0/s1. The summed E-state index contributed by atoms with van der Waals surface area (Å²) in [6.45, 7) is 0. The Balaban J connectivity index is 2.04. The van der Waals surface area contributed by atoms with Crippen molar-refractivity contribution in [2.45, 2.75) is 31.3 Å². The number of carbonyl (C=O) groups excluding carboxylic acids is 3. The molecule has 22 heavy (non-hydrogen) atoms. The van der Waals surface area contributed by atoms with Crippen molar-refractivity contribution in [1.29, 1.82) is 0 Å². The third-order valence-electron chi connectivity index (χ3n) is 3.44. The molecule has 6 nitrogen and oxygen atoms in total. The summed E-state index contributed by atoms with van der Waals surface area (Å²) in [5, 5.41) is 5.74. The summed E-state index contributed by atoms with van der Waals surface area (Å²) in [5.74, 6) is -1.09. The minimum atomic E-state index is -0.825. The molecule has 2 amide bonds. The molecule has 1 aromatic carbocycles. The molecule has 0 unspecified atom stereocenters. The van der Waals surface area contributed by atoms with E-state index in [-0.39, 0.29) is 18.2 Å². The molecule has 0 saturated carbocycles. The van der Waals surface area contributed by atoms with Gasteiger partial charge in [-0.2, -0.15) is 0 Å². The molecule has 2 atom stereocenters. The van der Waals surface area contributed by atoms with Gasteiger partial charge >= 0.3 is 5.97 Å². The first kappa shape index (κ1) is 16.3. The maximum atomic E-state index is 12.1. The molecule has 1 saturated heterocycles. The number of esters is 1. The topological polar surface area (TPSA) is 84.5 Å². The normalized spacial score (nSPS) is 18.5. The van der Waals surface area contributed by atoms with Crippen LogP contribution in [0.1, 0.15) is 18.4 Å². The molecular formula is C15H17ClN2O4. The average molecular weight is 325 g/mol. The van der Waals surface area contributed by atoms with E-state index in [1.165, 1.54) is 7.11 Å². The molecular weight excluding hydrogens is 308 g/mol. The van der Waals surface area contributed by atoms with Crippen LogP contribution in [0.15, 0.2) is 24.3 Å². The van der Waals surface area contributed by atoms with E-state index >= 15 is 0 Å². The maximum Gasteiger partial charge on any atom is 0.328 e. The summed E-state index contributed by atoms with van der Waals surface area (Å²) >= 11 is 5.92. The van der Waals surface area contributed by atoms with Crippen LogP contribution in [-0.2, 0) is 25.5 Å². The molecule has 1 aliphatic heterocycles. The largest absolute Gasteiger partial charge is 0.467 e. The fraction of sp³-hybridized carbons (Fsp3) is 0.400. The van der Waals surface area contributed by atoms with Crippen LogP contribution in [0.3, 0.4) is 0 Å². The molecule has 1 heterocycles. The highest BCUT2D eigenvalue weighted by molar-refractivity contribution is 6.30. The highest BCUT2D eigenvalue weighted by Crippen LogP contribution is 2.13. The summed E-state index contributed by atoms with van der Waals surface area (Å²) < 4.78 is 4.73. The minimum absolute atomic E-state index is 0.162. The molecule has 0 aromatic heterocycles. The number of ether oxygens (including phenoxy) is 1. The van der Waals surface area contributed by atoms with Gasteiger partial charge in [0.25, 0.3) is 0 Å². The Morgan fingerprint density at radius 2 is 2.27 bits per heavy atom. The van der Waals surface area contributed by atoms with Crippen molar-refractivity contribution in [3.63, 3.8) is 0 Å². The Hall–Kier alpha value is -2.08. The highest BCUT2D eigenvalue weighted by atomic mass is 35.5. The van der Waals surface area contributed by atoms with Gasteiger partial charge in [-0.15, -0.1) is 0 Å². The minimum Gasteiger partial charge on any atom is -0.467 e. The van der Waals surface area contributed by atoms with Crippen LogP contribution in [0.2, 0.25) is 5.02 Å². The lowest BCUT2D eigenvalue weighted by molar-refractivity contribution is -0.145. The Bertz CT molecular complexity index is 591. The molecule has 0 spiro atoms. The predicted molar refractivity (Wildman–Crippen MR) is 80.3 cm³/mol. The van der Waals surface area contributed by atoms with Crippen molar-refractivity contribution in [2.24, 2.45) is 0 Å². The Kier molecular flexibility index (Phi) is 5.38. The molecule has 1 fully saturated rings. The van der Waals surface area contributed by atoms with E-state index < -0.39 is 18.1 Å². The van der Waals surface area contributed by atoms with E-state index in [0.29, 0.717) is 17.9 Å². The zero-order valence-corrected chi connectivity index (χ0v) is 12.9. The van der Waals surface area contributed by atoms with Gasteiger partial charge < -0.3 is 15.4 Å². The maximum absolute atomic E-state index is 12.1. The fourth-order valence-electron chi connectivity index (χ4n) is 2.32. The van der Waals surface area contributed by atoms with Gasteiger partial charge in [0, 0.05) is 17.9 Å². The van der Waals surface area contributed by atoms with E-state index in [9.17, 15) is 14.4 Å². The lowest BCUT2D eigenvalue weighted by Crippen LogP contribution is -2.49. The Morgan fingerprint density at radius 1 is 1.50 bits per heavy atom. The van der Waals surface area contributed by atoms with Crippen LogP contribution in [0.5, 0.6) is 0 Å². The molecule has 1 aromatic rings. The van der Waals surface area contributed by atoms with Gasteiger partial charge in [0.05, 0.1) is 7.11 Å². The first-order chi connectivity index (χ1) is 10.5. The summed E-state index contributed by atoms with van der Waals surface area (Å²) in [4.78, 5) is 35.1. The van der Waals surface area contributed by atoms with Gasteiger partial charge in [0.1, 0.15) is 12.1 Å². The van der Waals surface area contributed by atoms with Crippen molar-refractivity contribution >= 4 is 29.4 Å². The molecule has 2 N–H and O–H groups in total. The second-order valence-electron chi connectivity index (χ2n) is 5.08. The quantitative estimate of drug-likeness (QED) is 0.785. The number of hydrogen-bond donors (Lipinski definition) is 2. The Labute approximate surface area is 133 Å². The highest BCUT2D eigenvalue weighted by Gasteiger charge is 2.30. The number of rotatable bonds is 5. The van der Waals surface area contributed by atoms with E-state index in [0.717, 1.165) is 5.56 Å². The summed E-state index contributed by atoms with van der Waals surface area (Å²) in [5.41, 5.74) is 0.804. The van der Waals surface area contributed by atoms with Crippen LogP contribution in [0, 0.1) is 0 Å². The van der Waals surface area contributed by atoms with E-state index in [2.05, 4.69) is 10.6 Å². The number of halogens is 1. The SMILES string of the molecule is COC(=O)[C@H](Cc1cccc(Cl)c1)NC(=O)[C@@H]1CCC(=O)N1. The molecule has 0 aliphatic carbocycles. The number of hydrogen-bond acceptors (Lipinski definition) is 4. The third-order valence-corrected chi connectivity index (χ3v) is 3.68. The summed E-state index contributed by atoms with van der Waals surface area (Å²) in [7, 11) is 1.26. The number of benzene rings is 1. The third kappa shape index (κ3) is 4.21. The van der Waals surface area contributed by atoms with Gasteiger partial charge in [-0.3, -0.25) is 9.59 Å². The van der Waals surface area contributed by atoms with Crippen molar-refractivity contribution < 1.29 is 19.1 Å². The van der Waals surface area contributed by atoms with Gasteiger partial charge in [-0.25, -0.2) is 4.79 Å². The number of nitrogens with one attached hydrogen (secondary N) is 2. The zero-order valence-electron chi connectivity index (χ0n) is 12.1. The van der Waals surface area contributed by atoms with Crippen molar-refractivity contribution in [2.75, 3.05) is 7.11 Å². The van der Waals surface area contributed by atoms with Crippen LogP contribution in [-0.4, -0.2) is 37.0 Å². The zero-order chi connectivity index (χ0) is 16.1. The second kappa shape index (κ2) is 7.26. The molecule has 7 heteroatoms. The lowest BCUT2D eigenvalue weighted by Gasteiger charge is -2.19. The number of methoxy groups -OCH3 is 1. The van der Waals surface area contributed by atoms with Gasteiger partial charge in [-0.05, 0) is 24.1 Å². The average Bonchev–Trinajstić information content (AvgIpc) is 2.92. The molecule has 0 radical (unpaired) electrons. The van der Waals surface area contributed by atoms with Gasteiger partial charge in [-0.1, -0.05) is 23.7 Å².